The Labute approximate surface area is 338 Å². The first-order valence-electron chi connectivity index (χ1n) is 19.7. The summed E-state index contributed by atoms with van der Waals surface area (Å²) in [6.45, 7) is 0. The summed E-state index contributed by atoms with van der Waals surface area (Å²) < 4.78 is 9.38. The average molecular weight is 759 g/mol. The lowest BCUT2D eigenvalue weighted by molar-refractivity contribution is 0.669. The van der Waals surface area contributed by atoms with Gasteiger partial charge in [-0.3, -0.25) is 0 Å². The number of para-hydroxylation sites is 2. The molecule has 2 aromatic heterocycles. The molecule has 4 heteroatoms. The van der Waals surface area contributed by atoms with Crippen molar-refractivity contribution in [2.75, 3.05) is 9.80 Å². The molecule has 0 spiro atoms. The molecule has 0 atom stereocenters. The standard InChI is InChI=1S/C54H34N2OS/c1-3-17-39(18-4-1)55(41-29-28-36-27-26-35-14-9-10-21-42(35)45(36)34-41)53-47(30-31-49-52(53)46-32-37-15-7-8-16-38(37)33-50(46)57-49)56(40-19-5-2-6-20-40)48-24-13-23-44-43-22-11-12-25-51(43)58-54(44)48/h1-34H. The summed E-state index contributed by atoms with van der Waals surface area (Å²) in [5.74, 6) is 0. The lowest BCUT2D eigenvalue weighted by Crippen LogP contribution is -2.17. The van der Waals surface area contributed by atoms with E-state index in [0.29, 0.717) is 0 Å². The molecule has 0 unspecified atom stereocenters. The maximum absolute atomic E-state index is 6.86. The monoisotopic (exact) mass is 758 g/mol. The van der Waals surface area contributed by atoms with Crippen molar-refractivity contribution in [2.45, 2.75) is 0 Å². The van der Waals surface area contributed by atoms with Gasteiger partial charge in [0, 0.05) is 37.9 Å². The van der Waals surface area contributed by atoms with Gasteiger partial charge in [0.05, 0.1) is 27.1 Å². The number of furan rings is 1. The Hall–Kier alpha value is -7.40. The summed E-state index contributed by atoms with van der Waals surface area (Å²) in [6, 6.07) is 74.6. The summed E-state index contributed by atoms with van der Waals surface area (Å²) in [4.78, 5) is 4.91. The smallest absolute Gasteiger partial charge is 0.137 e. The minimum atomic E-state index is 0.837. The number of hydrogen-bond acceptors (Lipinski definition) is 4. The fourth-order valence-corrected chi connectivity index (χ4v) is 10.1. The van der Waals surface area contributed by atoms with Crippen LogP contribution in [0.15, 0.2) is 211 Å². The summed E-state index contributed by atoms with van der Waals surface area (Å²) >= 11 is 1.85. The van der Waals surface area contributed by atoms with Crippen molar-refractivity contribution in [3.05, 3.63) is 206 Å². The first kappa shape index (κ1) is 32.8. The molecule has 12 aromatic rings. The van der Waals surface area contributed by atoms with Crippen LogP contribution in [0.4, 0.5) is 34.1 Å². The second kappa shape index (κ2) is 13.1. The number of rotatable bonds is 6. The molecule has 0 aliphatic heterocycles. The van der Waals surface area contributed by atoms with Crippen LogP contribution in [0.3, 0.4) is 0 Å². The Morgan fingerprint density at radius 3 is 1.76 bits per heavy atom. The highest BCUT2D eigenvalue weighted by Gasteiger charge is 2.29. The summed E-state index contributed by atoms with van der Waals surface area (Å²) in [5.41, 5.74) is 8.10. The zero-order valence-electron chi connectivity index (χ0n) is 31.3. The van der Waals surface area contributed by atoms with Crippen LogP contribution in [0.5, 0.6) is 0 Å². The second-order valence-electron chi connectivity index (χ2n) is 14.9. The molecular formula is C54H34N2OS. The molecule has 58 heavy (non-hydrogen) atoms. The number of nitrogens with zero attached hydrogens (tertiary/aromatic N) is 2. The van der Waals surface area contributed by atoms with Crippen molar-refractivity contribution in [3.8, 4) is 0 Å². The van der Waals surface area contributed by atoms with E-state index in [1.807, 2.05) is 11.3 Å². The molecule has 0 amide bonds. The van der Waals surface area contributed by atoms with Crippen LogP contribution in [0.2, 0.25) is 0 Å². The van der Waals surface area contributed by atoms with Gasteiger partial charge >= 0.3 is 0 Å². The van der Waals surface area contributed by atoms with E-state index in [2.05, 4.69) is 216 Å². The molecule has 12 rings (SSSR count). The Bertz CT molecular complexity index is 3530. The summed E-state index contributed by atoms with van der Waals surface area (Å²) in [6.07, 6.45) is 0. The van der Waals surface area contributed by atoms with E-state index in [-0.39, 0.29) is 0 Å². The molecule has 272 valence electrons. The average Bonchev–Trinajstić information content (AvgIpc) is 3.85. The number of anilines is 6. The molecule has 0 aliphatic rings. The number of fused-ring (bicyclic) bond motifs is 10. The van der Waals surface area contributed by atoms with Gasteiger partial charge in [0.2, 0.25) is 0 Å². The van der Waals surface area contributed by atoms with Crippen molar-refractivity contribution in [1.29, 1.82) is 0 Å². The Kier molecular flexibility index (Phi) is 7.40. The summed E-state index contributed by atoms with van der Waals surface area (Å²) in [7, 11) is 0. The number of hydrogen-bond donors (Lipinski definition) is 0. The quantitative estimate of drug-likeness (QED) is 0.157. The molecule has 0 aliphatic carbocycles. The summed E-state index contributed by atoms with van der Waals surface area (Å²) in [5, 5.41) is 11.9. The molecule has 2 heterocycles. The zero-order valence-corrected chi connectivity index (χ0v) is 32.2. The van der Waals surface area contributed by atoms with Crippen molar-refractivity contribution >= 4 is 120 Å². The van der Waals surface area contributed by atoms with Gasteiger partial charge in [0.25, 0.3) is 0 Å². The first-order chi connectivity index (χ1) is 28.8. The number of benzene rings is 10. The third kappa shape index (κ3) is 5.12. The van der Waals surface area contributed by atoms with Crippen LogP contribution >= 0.6 is 11.3 Å². The van der Waals surface area contributed by atoms with E-state index in [0.717, 1.165) is 61.4 Å². The van der Waals surface area contributed by atoms with Gasteiger partial charge in [-0.1, -0.05) is 133 Å². The fraction of sp³-hybridized carbons (Fsp3) is 0. The minimum Gasteiger partial charge on any atom is -0.456 e. The third-order valence-electron chi connectivity index (χ3n) is 11.6. The molecule has 0 saturated carbocycles. The largest absolute Gasteiger partial charge is 0.456 e. The predicted octanol–water partition coefficient (Wildman–Crippen LogP) is 16.4. The van der Waals surface area contributed by atoms with Crippen LogP contribution in [-0.4, -0.2) is 0 Å². The SMILES string of the molecule is c1ccc(N(c2ccc3oc4cc5ccccc5cc4c3c2N(c2ccccc2)c2ccc3ccc4ccccc4c3c2)c2cccc3c2sc2ccccc23)cc1. The van der Waals surface area contributed by atoms with E-state index in [1.165, 1.54) is 47.1 Å². The minimum absolute atomic E-state index is 0.837. The van der Waals surface area contributed by atoms with E-state index >= 15 is 0 Å². The van der Waals surface area contributed by atoms with Crippen LogP contribution in [0.1, 0.15) is 0 Å². The van der Waals surface area contributed by atoms with Gasteiger partial charge in [0.1, 0.15) is 11.2 Å². The van der Waals surface area contributed by atoms with Gasteiger partial charge in [-0.25, -0.2) is 0 Å². The van der Waals surface area contributed by atoms with Crippen LogP contribution < -0.4 is 9.80 Å². The van der Waals surface area contributed by atoms with Gasteiger partial charge in [-0.05, 0) is 105 Å². The van der Waals surface area contributed by atoms with E-state index in [9.17, 15) is 0 Å². The molecular weight excluding hydrogens is 725 g/mol. The molecule has 0 radical (unpaired) electrons. The number of thiophene rings is 1. The first-order valence-corrected chi connectivity index (χ1v) is 20.5. The van der Waals surface area contributed by atoms with Crippen LogP contribution in [-0.2, 0) is 0 Å². The van der Waals surface area contributed by atoms with Crippen molar-refractivity contribution in [3.63, 3.8) is 0 Å². The highest BCUT2D eigenvalue weighted by Crippen LogP contribution is 2.53. The van der Waals surface area contributed by atoms with Gasteiger partial charge in [-0.15, -0.1) is 11.3 Å². The third-order valence-corrected chi connectivity index (χ3v) is 12.8. The fourth-order valence-electron chi connectivity index (χ4n) is 8.94. The maximum atomic E-state index is 6.86. The van der Waals surface area contributed by atoms with Crippen LogP contribution in [0, 0.1) is 0 Å². The molecule has 0 bridgehead atoms. The molecule has 0 fully saturated rings. The molecule has 10 aromatic carbocycles. The lowest BCUT2D eigenvalue weighted by atomic mass is 9.99. The van der Waals surface area contributed by atoms with Gasteiger partial charge in [-0.2, -0.15) is 0 Å². The van der Waals surface area contributed by atoms with E-state index < -0.39 is 0 Å². The Balaban J connectivity index is 1.24. The lowest BCUT2D eigenvalue weighted by Gasteiger charge is -2.34. The van der Waals surface area contributed by atoms with E-state index in [1.54, 1.807) is 0 Å². The molecule has 0 N–H and O–H groups in total. The Morgan fingerprint density at radius 2 is 0.966 bits per heavy atom. The van der Waals surface area contributed by atoms with Crippen LogP contribution in [0.25, 0.3) is 74.4 Å². The highest BCUT2D eigenvalue weighted by atomic mass is 32.1. The molecule has 3 nitrogen and oxygen atoms in total. The Morgan fingerprint density at radius 1 is 0.345 bits per heavy atom. The highest BCUT2D eigenvalue weighted by molar-refractivity contribution is 7.26. The predicted molar refractivity (Wildman–Crippen MR) is 248 cm³/mol. The normalized spacial score (nSPS) is 11.8. The second-order valence-corrected chi connectivity index (χ2v) is 15.9. The molecule has 0 saturated heterocycles. The van der Waals surface area contributed by atoms with Crippen molar-refractivity contribution in [2.24, 2.45) is 0 Å². The topological polar surface area (TPSA) is 19.6 Å². The van der Waals surface area contributed by atoms with Crippen molar-refractivity contribution < 1.29 is 4.42 Å². The van der Waals surface area contributed by atoms with Crippen molar-refractivity contribution in [1.82, 2.24) is 0 Å². The van der Waals surface area contributed by atoms with Gasteiger partial charge in [0.15, 0.2) is 0 Å². The van der Waals surface area contributed by atoms with E-state index in [4.69, 9.17) is 4.42 Å². The van der Waals surface area contributed by atoms with Gasteiger partial charge < -0.3 is 14.2 Å². The maximum Gasteiger partial charge on any atom is 0.137 e. The zero-order chi connectivity index (χ0) is 38.2.